The molecule has 3 aromatic rings. The van der Waals surface area contributed by atoms with Gasteiger partial charge in [-0.2, -0.15) is 0 Å². The van der Waals surface area contributed by atoms with Crippen LogP contribution in [0.2, 0.25) is 10.0 Å². The van der Waals surface area contributed by atoms with Crippen LogP contribution >= 0.6 is 35.0 Å². The minimum atomic E-state index is -0.488. The van der Waals surface area contributed by atoms with Crippen LogP contribution in [0, 0.1) is 10.1 Å². The molecule has 0 atom stereocenters. The molecule has 0 fully saturated rings. The molecule has 0 aliphatic carbocycles. The summed E-state index contributed by atoms with van der Waals surface area (Å²) >= 11 is 13.0. The Hall–Kier alpha value is -2.74. The fraction of sp³-hybridized carbons (Fsp3) is 0. The first-order valence-electron chi connectivity index (χ1n) is 7.85. The van der Waals surface area contributed by atoms with Crippen molar-refractivity contribution < 1.29 is 9.72 Å². The molecule has 0 spiro atoms. The number of nitro benzene ring substituents is 1. The Labute approximate surface area is 174 Å². The Morgan fingerprint density at radius 3 is 2.57 bits per heavy atom. The molecule has 28 heavy (non-hydrogen) atoms. The standard InChI is InChI=1S/C19H11Cl2N3O3S/c20-13-4-5-15(21)14(11-13)17(25)6-2-12-3-7-18(16(10-12)24(26)27)28-19-22-8-1-9-23-19/h1-11H. The van der Waals surface area contributed by atoms with E-state index in [1.165, 1.54) is 30.4 Å². The monoisotopic (exact) mass is 431 g/mol. The summed E-state index contributed by atoms with van der Waals surface area (Å²) in [4.78, 5) is 31.8. The van der Waals surface area contributed by atoms with Crippen LogP contribution in [-0.2, 0) is 0 Å². The van der Waals surface area contributed by atoms with Crippen LogP contribution in [0.1, 0.15) is 15.9 Å². The zero-order valence-electron chi connectivity index (χ0n) is 14.1. The van der Waals surface area contributed by atoms with E-state index in [1.807, 2.05) is 0 Å². The van der Waals surface area contributed by atoms with E-state index in [1.54, 1.807) is 36.7 Å². The number of carbonyl (C=O) groups excluding carboxylic acids is 1. The number of aromatic nitrogens is 2. The van der Waals surface area contributed by atoms with Crippen LogP contribution in [0.15, 0.2) is 71.0 Å². The average Bonchev–Trinajstić information content (AvgIpc) is 2.69. The molecule has 0 bridgehead atoms. The zero-order valence-corrected chi connectivity index (χ0v) is 16.4. The predicted molar refractivity (Wildman–Crippen MR) is 109 cm³/mol. The predicted octanol–water partition coefficient (Wildman–Crippen LogP) is 5.74. The Morgan fingerprint density at radius 1 is 1.11 bits per heavy atom. The quantitative estimate of drug-likeness (QED) is 0.162. The van der Waals surface area contributed by atoms with Crippen molar-refractivity contribution in [2.24, 2.45) is 0 Å². The topological polar surface area (TPSA) is 86.0 Å². The van der Waals surface area contributed by atoms with Gasteiger partial charge in [0, 0.05) is 29.0 Å². The van der Waals surface area contributed by atoms with Gasteiger partial charge in [-0.25, -0.2) is 9.97 Å². The average molecular weight is 432 g/mol. The summed E-state index contributed by atoms with van der Waals surface area (Å²) < 4.78 is 0. The molecule has 1 heterocycles. The minimum absolute atomic E-state index is 0.104. The molecule has 0 saturated carbocycles. The van der Waals surface area contributed by atoms with Gasteiger partial charge in [0.05, 0.1) is 14.8 Å². The van der Waals surface area contributed by atoms with E-state index in [4.69, 9.17) is 23.2 Å². The Balaban J connectivity index is 1.85. The minimum Gasteiger partial charge on any atom is -0.289 e. The maximum absolute atomic E-state index is 12.3. The number of ketones is 1. The number of nitro groups is 1. The van der Waals surface area contributed by atoms with Crippen molar-refractivity contribution in [2.75, 3.05) is 0 Å². The molecule has 0 unspecified atom stereocenters. The molecule has 0 saturated heterocycles. The molecule has 6 nitrogen and oxygen atoms in total. The number of hydrogen-bond acceptors (Lipinski definition) is 6. The van der Waals surface area contributed by atoms with Crippen molar-refractivity contribution in [1.29, 1.82) is 0 Å². The summed E-state index contributed by atoms with van der Waals surface area (Å²) in [6.07, 6.45) is 5.90. The lowest BCUT2D eigenvalue weighted by molar-refractivity contribution is -0.387. The first kappa shape index (κ1) is 20.0. The van der Waals surface area contributed by atoms with Crippen molar-refractivity contribution in [2.45, 2.75) is 10.1 Å². The van der Waals surface area contributed by atoms with Gasteiger partial charge in [0.25, 0.3) is 5.69 Å². The second kappa shape index (κ2) is 8.97. The van der Waals surface area contributed by atoms with Crippen molar-refractivity contribution in [1.82, 2.24) is 9.97 Å². The van der Waals surface area contributed by atoms with Crippen LogP contribution < -0.4 is 0 Å². The molecule has 2 aromatic carbocycles. The van der Waals surface area contributed by atoms with Crippen LogP contribution in [-0.4, -0.2) is 20.7 Å². The number of carbonyl (C=O) groups is 1. The lowest BCUT2D eigenvalue weighted by Crippen LogP contribution is -1.96. The molecule has 3 rings (SSSR count). The van der Waals surface area contributed by atoms with E-state index in [0.29, 0.717) is 20.6 Å². The third-order valence-electron chi connectivity index (χ3n) is 3.54. The largest absolute Gasteiger partial charge is 0.289 e. The van der Waals surface area contributed by atoms with Gasteiger partial charge in [0.1, 0.15) is 0 Å². The third kappa shape index (κ3) is 4.95. The number of nitrogens with zero attached hydrogens (tertiary/aromatic N) is 3. The molecular formula is C19H11Cl2N3O3S. The third-order valence-corrected chi connectivity index (χ3v) is 5.07. The van der Waals surface area contributed by atoms with Gasteiger partial charge in [-0.3, -0.25) is 14.9 Å². The highest BCUT2D eigenvalue weighted by Crippen LogP contribution is 2.33. The lowest BCUT2D eigenvalue weighted by atomic mass is 10.1. The van der Waals surface area contributed by atoms with Crippen molar-refractivity contribution in [3.05, 3.63) is 92.2 Å². The fourth-order valence-electron chi connectivity index (χ4n) is 2.25. The van der Waals surface area contributed by atoms with E-state index < -0.39 is 4.92 Å². The Morgan fingerprint density at radius 2 is 1.86 bits per heavy atom. The molecule has 0 N–H and O–H groups in total. The van der Waals surface area contributed by atoms with Gasteiger partial charge in [0.2, 0.25) is 0 Å². The Bertz CT molecular complexity index is 1080. The molecule has 0 radical (unpaired) electrons. The van der Waals surface area contributed by atoms with Crippen LogP contribution in [0.3, 0.4) is 0 Å². The summed E-state index contributed by atoms with van der Waals surface area (Å²) in [5, 5.41) is 12.5. The van der Waals surface area contributed by atoms with Gasteiger partial charge in [-0.1, -0.05) is 35.3 Å². The maximum Gasteiger partial charge on any atom is 0.283 e. The lowest BCUT2D eigenvalue weighted by Gasteiger charge is -2.03. The van der Waals surface area contributed by atoms with E-state index in [9.17, 15) is 14.9 Å². The summed E-state index contributed by atoms with van der Waals surface area (Å²) in [6.45, 7) is 0. The first-order valence-corrected chi connectivity index (χ1v) is 9.42. The van der Waals surface area contributed by atoms with E-state index in [2.05, 4.69) is 9.97 Å². The van der Waals surface area contributed by atoms with Crippen molar-refractivity contribution in [3.8, 4) is 0 Å². The summed E-state index contributed by atoms with van der Waals surface area (Å²) in [5.74, 6) is -0.355. The molecular weight excluding hydrogens is 421 g/mol. The SMILES string of the molecule is O=C(C=Cc1ccc(Sc2ncccn2)c([N+](=O)[O-])c1)c1cc(Cl)ccc1Cl. The van der Waals surface area contributed by atoms with Gasteiger partial charge in [0.15, 0.2) is 10.9 Å². The number of hydrogen-bond donors (Lipinski definition) is 0. The second-order valence-electron chi connectivity index (χ2n) is 5.44. The van der Waals surface area contributed by atoms with Gasteiger partial charge >= 0.3 is 0 Å². The van der Waals surface area contributed by atoms with E-state index in [-0.39, 0.29) is 22.1 Å². The highest BCUT2D eigenvalue weighted by molar-refractivity contribution is 7.99. The fourth-order valence-corrected chi connectivity index (χ4v) is 3.43. The number of rotatable bonds is 6. The molecule has 140 valence electrons. The van der Waals surface area contributed by atoms with Crippen LogP contribution in [0.5, 0.6) is 0 Å². The van der Waals surface area contributed by atoms with Gasteiger partial charge < -0.3 is 0 Å². The highest BCUT2D eigenvalue weighted by Gasteiger charge is 2.16. The normalized spacial score (nSPS) is 10.9. The number of benzene rings is 2. The zero-order chi connectivity index (χ0) is 20.1. The van der Waals surface area contributed by atoms with Crippen LogP contribution in [0.25, 0.3) is 6.08 Å². The highest BCUT2D eigenvalue weighted by atomic mass is 35.5. The summed E-state index contributed by atoms with van der Waals surface area (Å²) in [6, 6.07) is 10.9. The van der Waals surface area contributed by atoms with Crippen molar-refractivity contribution >= 4 is 52.5 Å². The Kier molecular flexibility index (Phi) is 6.41. The number of allylic oxidation sites excluding steroid dienone is 1. The smallest absolute Gasteiger partial charge is 0.283 e. The van der Waals surface area contributed by atoms with Crippen LogP contribution in [0.4, 0.5) is 5.69 Å². The number of halogens is 2. The van der Waals surface area contributed by atoms with Gasteiger partial charge in [-0.15, -0.1) is 0 Å². The van der Waals surface area contributed by atoms with E-state index in [0.717, 1.165) is 11.8 Å². The van der Waals surface area contributed by atoms with Gasteiger partial charge in [-0.05, 0) is 53.7 Å². The van der Waals surface area contributed by atoms with E-state index >= 15 is 0 Å². The molecule has 0 amide bonds. The summed E-state index contributed by atoms with van der Waals surface area (Å²) in [5.41, 5.74) is 0.651. The maximum atomic E-state index is 12.3. The molecule has 0 aliphatic heterocycles. The molecule has 9 heteroatoms. The molecule has 1 aromatic heterocycles. The molecule has 0 aliphatic rings. The first-order chi connectivity index (χ1) is 13.4. The second-order valence-corrected chi connectivity index (χ2v) is 7.29. The van der Waals surface area contributed by atoms with Crippen molar-refractivity contribution in [3.63, 3.8) is 0 Å². The summed E-state index contributed by atoms with van der Waals surface area (Å²) in [7, 11) is 0.